The van der Waals surface area contributed by atoms with E-state index in [9.17, 15) is 5.11 Å². The highest BCUT2D eigenvalue weighted by atomic mass is 16.5. The highest BCUT2D eigenvalue weighted by Crippen LogP contribution is 2.30. The zero-order valence-electron chi connectivity index (χ0n) is 21.0. The van der Waals surface area contributed by atoms with Gasteiger partial charge in [-0.25, -0.2) is 0 Å². The second kappa shape index (κ2) is 15.0. The molecule has 4 aromatic rings. The standard InChI is InChI=1S/C30H24O.C4H10O/c31-30-23-20-27(19-16-24-10-4-1-5-11-24)28(21-17-25-12-6-2-7-13-25)29(30)22-18-26-14-8-3-9-15-26;1-3-5-4-2/h1-23,31H;3-4H2,1-2H3/b19-16+,21-17+,22-18+;. The Morgan fingerprint density at radius 2 is 0.917 bits per heavy atom. The molecule has 36 heavy (non-hydrogen) atoms. The first-order valence-electron chi connectivity index (χ1n) is 12.3. The molecule has 4 aromatic carbocycles. The van der Waals surface area contributed by atoms with Crippen molar-refractivity contribution in [3.05, 3.63) is 137 Å². The Balaban J connectivity index is 0.000000658. The second-order valence-corrected chi connectivity index (χ2v) is 8.01. The number of rotatable bonds is 8. The van der Waals surface area contributed by atoms with Crippen LogP contribution in [0.2, 0.25) is 0 Å². The Hall–Kier alpha value is -4.14. The van der Waals surface area contributed by atoms with Gasteiger partial charge in [0.15, 0.2) is 0 Å². The van der Waals surface area contributed by atoms with Crippen LogP contribution in [0.3, 0.4) is 0 Å². The summed E-state index contributed by atoms with van der Waals surface area (Å²) in [4.78, 5) is 0. The Bertz CT molecular complexity index is 1250. The first-order valence-corrected chi connectivity index (χ1v) is 12.3. The molecule has 2 heteroatoms. The molecular formula is C34H34O2. The van der Waals surface area contributed by atoms with E-state index in [1.807, 2.05) is 98.8 Å². The molecule has 0 aliphatic rings. The molecule has 0 unspecified atom stereocenters. The minimum Gasteiger partial charge on any atom is -0.507 e. The number of aromatic hydroxyl groups is 1. The van der Waals surface area contributed by atoms with E-state index < -0.39 is 0 Å². The Labute approximate surface area is 215 Å². The quantitative estimate of drug-likeness (QED) is 0.258. The number of hydrogen-bond donors (Lipinski definition) is 1. The van der Waals surface area contributed by atoms with E-state index in [0.717, 1.165) is 46.6 Å². The molecule has 0 fully saturated rings. The fourth-order valence-electron chi connectivity index (χ4n) is 3.59. The summed E-state index contributed by atoms with van der Waals surface area (Å²) in [5.74, 6) is 0.261. The van der Waals surface area contributed by atoms with E-state index in [2.05, 4.69) is 48.6 Å². The van der Waals surface area contributed by atoms with Gasteiger partial charge in [0, 0.05) is 18.8 Å². The minimum atomic E-state index is 0.261. The monoisotopic (exact) mass is 474 g/mol. The maximum absolute atomic E-state index is 10.7. The third-order valence-electron chi connectivity index (χ3n) is 5.45. The summed E-state index contributed by atoms with van der Waals surface area (Å²) >= 11 is 0. The molecule has 0 saturated carbocycles. The van der Waals surface area contributed by atoms with Gasteiger partial charge in [-0.15, -0.1) is 0 Å². The molecule has 0 heterocycles. The molecule has 0 amide bonds. The van der Waals surface area contributed by atoms with Gasteiger partial charge in [-0.05, 0) is 47.7 Å². The number of phenols is 1. The molecular weight excluding hydrogens is 440 g/mol. The fourth-order valence-corrected chi connectivity index (χ4v) is 3.59. The first-order chi connectivity index (χ1) is 17.7. The SMILES string of the molecule is CCOCC.Oc1ccc(/C=C/c2ccccc2)c(/C=C/c2ccccc2)c1/C=C/c1ccccc1. The van der Waals surface area contributed by atoms with Crippen LogP contribution >= 0.6 is 0 Å². The van der Waals surface area contributed by atoms with Gasteiger partial charge in [0.25, 0.3) is 0 Å². The normalized spacial score (nSPS) is 11.2. The van der Waals surface area contributed by atoms with E-state index in [0.29, 0.717) is 0 Å². The number of hydrogen-bond acceptors (Lipinski definition) is 2. The average molecular weight is 475 g/mol. The number of ether oxygens (including phenoxy) is 1. The predicted molar refractivity (Wildman–Crippen MR) is 156 cm³/mol. The van der Waals surface area contributed by atoms with Crippen molar-refractivity contribution in [1.29, 1.82) is 0 Å². The van der Waals surface area contributed by atoms with Gasteiger partial charge >= 0.3 is 0 Å². The zero-order chi connectivity index (χ0) is 25.4. The lowest BCUT2D eigenvalue weighted by molar-refractivity contribution is 0.162. The van der Waals surface area contributed by atoms with Crippen LogP contribution in [0.15, 0.2) is 103 Å². The maximum Gasteiger partial charge on any atom is 0.123 e. The molecule has 0 atom stereocenters. The van der Waals surface area contributed by atoms with Crippen LogP contribution in [0.25, 0.3) is 36.5 Å². The van der Waals surface area contributed by atoms with Crippen LogP contribution in [0.1, 0.15) is 47.2 Å². The van der Waals surface area contributed by atoms with Gasteiger partial charge in [-0.1, -0.05) is 134 Å². The topological polar surface area (TPSA) is 29.5 Å². The Morgan fingerprint density at radius 1 is 0.500 bits per heavy atom. The minimum absolute atomic E-state index is 0.261. The molecule has 182 valence electrons. The lowest BCUT2D eigenvalue weighted by Crippen LogP contribution is -1.88. The fraction of sp³-hybridized carbons (Fsp3) is 0.118. The summed E-state index contributed by atoms with van der Waals surface area (Å²) in [5.41, 5.74) is 6.15. The molecule has 0 aliphatic heterocycles. The van der Waals surface area contributed by atoms with Crippen molar-refractivity contribution in [1.82, 2.24) is 0 Å². The van der Waals surface area contributed by atoms with Crippen molar-refractivity contribution in [2.45, 2.75) is 13.8 Å². The smallest absolute Gasteiger partial charge is 0.123 e. The average Bonchev–Trinajstić information content (AvgIpc) is 2.93. The van der Waals surface area contributed by atoms with E-state index >= 15 is 0 Å². The summed E-state index contributed by atoms with van der Waals surface area (Å²) in [6.07, 6.45) is 12.4. The summed E-state index contributed by atoms with van der Waals surface area (Å²) in [7, 11) is 0. The molecule has 0 aliphatic carbocycles. The summed E-state index contributed by atoms with van der Waals surface area (Å²) < 4.78 is 4.83. The zero-order valence-corrected chi connectivity index (χ0v) is 21.0. The van der Waals surface area contributed by atoms with Crippen LogP contribution in [0, 0.1) is 0 Å². The summed E-state index contributed by atoms with van der Waals surface area (Å²) in [5, 5.41) is 10.7. The van der Waals surface area contributed by atoms with Gasteiger partial charge in [0.1, 0.15) is 5.75 Å². The van der Waals surface area contributed by atoms with Gasteiger partial charge in [-0.3, -0.25) is 0 Å². The van der Waals surface area contributed by atoms with Crippen LogP contribution in [0.4, 0.5) is 0 Å². The molecule has 0 radical (unpaired) electrons. The molecule has 0 saturated heterocycles. The lowest BCUT2D eigenvalue weighted by Gasteiger charge is -2.09. The van der Waals surface area contributed by atoms with Crippen molar-refractivity contribution in [2.24, 2.45) is 0 Å². The largest absolute Gasteiger partial charge is 0.507 e. The Kier molecular flexibility index (Phi) is 11.0. The van der Waals surface area contributed by atoms with Crippen molar-refractivity contribution in [3.8, 4) is 5.75 Å². The van der Waals surface area contributed by atoms with Crippen molar-refractivity contribution in [3.63, 3.8) is 0 Å². The van der Waals surface area contributed by atoms with E-state index in [4.69, 9.17) is 4.74 Å². The van der Waals surface area contributed by atoms with E-state index in [1.165, 1.54) is 0 Å². The summed E-state index contributed by atoms with van der Waals surface area (Å²) in [6, 6.07) is 34.2. The number of phenolic OH excluding ortho intramolecular Hbond substituents is 1. The van der Waals surface area contributed by atoms with Crippen molar-refractivity contribution >= 4 is 36.5 Å². The second-order valence-electron chi connectivity index (χ2n) is 8.01. The van der Waals surface area contributed by atoms with Crippen LogP contribution < -0.4 is 0 Å². The van der Waals surface area contributed by atoms with Gasteiger partial charge in [-0.2, -0.15) is 0 Å². The van der Waals surface area contributed by atoms with Crippen LogP contribution in [-0.2, 0) is 4.74 Å². The highest BCUT2D eigenvalue weighted by Gasteiger charge is 2.08. The first kappa shape index (κ1) is 26.5. The Morgan fingerprint density at radius 3 is 1.33 bits per heavy atom. The van der Waals surface area contributed by atoms with E-state index in [1.54, 1.807) is 6.07 Å². The third-order valence-corrected chi connectivity index (χ3v) is 5.45. The van der Waals surface area contributed by atoms with Crippen LogP contribution in [-0.4, -0.2) is 18.3 Å². The van der Waals surface area contributed by atoms with Crippen molar-refractivity contribution in [2.75, 3.05) is 13.2 Å². The van der Waals surface area contributed by atoms with Crippen molar-refractivity contribution < 1.29 is 9.84 Å². The van der Waals surface area contributed by atoms with Gasteiger partial charge in [0.05, 0.1) is 0 Å². The maximum atomic E-state index is 10.7. The summed E-state index contributed by atoms with van der Waals surface area (Å²) in [6.45, 7) is 5.67. The molecule has 4 rings (SSSR count). The van der Waals surface area contributed by atoms with Crippen LogP contribution in [0.5, 0.6) is 5.75 Å². The predicted octanol–water partition coefficient (Wildman–Crippen LogP) is 8.95. The molecule has 0 spiro atoms. The highest BCUT2D eigenvalue weighted by molar-refractivity contribution is 5.87. The third kappa shape index (κ3) is 8.57. The molecule has 0 aromatic heterocycles. The molecule has 0 bridgehead atoms. The van der Waals surface area contributed by atoms with E-state index in [-0.39, 0.29) is 5.75 Å². The van der Waals surface area contributed by atoms with Gasteiger partial charge in [0.2, 0.25) is 0 Å². The molecule has 2 nitrogen and oxygen atoms in total. The number of benzene rings is 4. The van der Waals surface area contributed by atoms with Gasteiger partial charge < -0.3 is 9.84 Å². The molecule has 1 N–H and O–H groups in total. The lowest BCUT2D eigenvalue weighted by atomic mass is 9.96.